The molecular formula is C23H25F3N4O2. The van der Waals surface area contributed by atoms with Gasteiger partial charge in [-0.25, -0.2) is 9.50 Å². The number of aryl methyl sites for hydroxylation is 1. The number of rotatable bonds is 5. The number of carbonyl (C=O) groups excluding carboxylic acids is 1. The van der Waals surface area contributed by atoms with Crippen LogP contribution in [-0.4, -0.2) is 45.1 Å². The lowest BCUT2D eigenvalue weighted by Crippen LogP contribution is -2.38. The van der Waals surface area contributed by atoms with Gasteiger partial charge in [-0.15, -0.1) is 0 Å². The normalized spacial score (nSPS) is 15.3. The summed E-state index contributed by atoms with van der Waals surface area (Å²) in [6, 6.07) is 10.1. The SMILES string of the molecule is CCOc1ccc(CC(=O)N2CCC(c3cc4nc(C)cc(C(F)(F)F)n4n3)CC2)cc1. The Morgan fingerprint density at radius 3 is 2.47 bits per heavy atom. The van der Waals surface area contributed by atoms with E-state index in [-0.39, 0.29) is 17.5 Å². The predicted molar refractivity (Wildman–Crippen MR) is 113 cm³/mol. The van der Waals surface area contributed by atoms with Crippen LogP contribution in [0, 0.1) is 6.92 Å². The van der Waals surface area contributed by atoms with Gasteiger partial charge in [-0.05, 0) is 50.5 Å². The van der Waals surface area contributed by atoms with E-state index in [0.29, 0.717) is 50.3 Å². The molecule has 32 heavy (non-hydrogen) atoms. The molecule has 1 aliphatic rings. The summed E-state index contributed by atoms with van der Waals surface area (Å²) in [4.78, 5) is 18.7. The minimum atomic E-state index is -4.51. The number of hydrogen-bond donors (Lipinski definition) is 0. The van der Waals surface area contributed by atoms with E-state index < -0.39 is 11.9 Å². The zero-order valence-corrected chi connectivity index (χ0v) is 18.0. The molecule has 9 heteroatoms. The van der Waals surface area contributed by atoms with Crippen LogP contribution in [0.5, 0.6) is 5.75 Å². The van der Waals surface area contributed by atoms with Gasteiger partial charge >= 0.3 is 6.18 Å². The van der Waals surface area contributed by atoms with Crippen molar-refractivity contribution in [3.63, 3.8) is 0 Å². The second kappa shape index (κ2) is 8.80. The zero-order chi connectivity index (χ0) is 22.9. The van der Waals surface area contributed by atoms with Gasteiger partial charge in [-0.3, -0.25) is 4.79 Å². The Bertz CT molecular complexity index is 1100. The molecule has 0 unspecified atom stereocenters. The molecule has 2 aromatic heterocycles. The Balaban J connectivity index is 1.41. The maximum Gasteiger partial charge on any atom is 0.433 e. The van der Waals surface area contributed by atoms with Crippen molar-refractivity contribution in [3.05, 3.63) is 59.0 Å². The van der Waals surface area contributed by atoms with E-state index in [9.17, 15) is 18.0 Å². The van der Waals surface area contributed by atoms with Crippen molar-refractivity contribution in [2.75, 3.05) is 19.7 Å². The van der Waals surface area contributed by atoms with E-state index in [1.165, 1.54) is 6.92 Å². The molecule has 0 saturated carbocycles. The number of carbonyl (C=O) groups is 1. The van der Waals surface area contributed by atoms with Crippen LogP contribution < -0.4 is 4.74 Å². The minimum absolute atomic E-state index is 0.00684. The lowest BCUT2D eigenvalue weighted by Gasteiger charge is -2.31. The molecule has 0 radical (unpaired) electrons. The van der Waals surface area contributed by atoms with Gasteiger partial charge in [-0.2, -0.15) is 18.3 Å². The van der Waals surface area contributed by atoms with Crippen molar-refractivity contribution in [1.29, 1.82) is 0 Å². The largest absolute Gasteiger partial charge is 0.494 e. The zero-order valence-electron chi connectivity index (χ0n) is 18.0. The second-order valence-electron chi connectivity index (χ2n) is 8.03. The Morgan fingerprint density at radius 2 is 1.84 bits per heavy atom. The highest BCUT2D eigenvalue weighted by Crippen LogP contribution is 2.32. The molecular weight excluding hydrogens is 421 g/mol. The van der Waals surface area contributed by atoms with Crippen molar-refractivity contribution in [2.45, 2.75) is 45.2 Å². The number of likely N-dealkylation sites (tertiary alicyclic amines) is 1. The van der Waals surface area contributed by atoms with Crippen molar-refractivity contribution < 1.29 is 22.7 Å². The van der Waals surface area contributed by atoms with Crippen LogP contribution in [0.4, 0.5) is 13.2 Å². The molecule has 1 aromatic carbocycles. The fourth-order valence-corrected chi connectivity index (χ4v) is 4.10. The van der Waals surface area contributed by atoms with Crippen LogP contribution >= 0.6 is 0 Å². The standard InChI is InChI=1S/C23H25F3N4O2/c1-3-32-18-6-4-16(5-7-18)13-22(31)29-10-8-17(9-11-29)19-14-21-27-15(2)12-20(23(24,25)26)30(21)28-19/h4-7,12,14,17H,3,8-11,13H2,1-2H3. The Labute approximate surface area is 184 Å². The summed E-state index contributed by atoms with van der Waals surface area (Å²) in [5, 5.41) is 4.22. The van der Waals surface area contributed by atoms with Gasteiger partial charge in [-0.1, -0.05) is 12.1 Å². The van der Waals surface area contributed by atoms with E-state index in [1.807, 2.05) is 36.1 Å². The molecule has 0 atom stereocenters. The number of amides is 1. The summed E-state index contributed by atoms with van der Waals surface area (Å²) in [5.41, 5.74) is 1.18. The third kappa shape index (κ3) is 4.71. The molecule has 0 bridgehead atoms. The van der Waals surface area contributed by atoms with Gasteiger partial charge < -0.3 is 9.64 Å². The van der Waals surface area contributed by atoms with Gasteiger partial charge in [0, 0.05) is 30.8 Å². The van der Waals surface area contributed by atoms with Crippen LogP contribution in [0.3, 0.4) is 0 Å². The Hall–Kier alpha value is -3.10. The summed E-state index contributed by atoms with van der Waals surface area (Å²) in [6.07, 6.45) is -2.89. The number of hydrogen-bond acceptors (Lipinski definition) is 4. The third-order valence-electron chi connectivity index (χ3n) is 5.72. The topological polar surface area (TPSA) is 59.7 Å². The summed E-state index contributed by atoms with van der Waals surface area (Å²) in [5.74, 6) is 0.808. The van der Waals surface area contributed by atoms with Crippen LogP contribution in [0.1, 0.15) is 48.3 Å². The van der Waals surface area contributed by atoms with E-state index >= 15 is 0 Å². The minimum Gasteiger partial charge on any atom is -0.494 e. The van der Waals surface area contributed by atoms with Gasteiger partial charge in [0.2, 0.25) is 5.91 Å². The lowest BCUT2D eigenvalue weighted by atomic mass is 9.93. The smallest absolute Gasteiger partial charge is 0.433 e. The third-order valence-corrected chi connectivity index (χ3v) is 5.72. The number of fused-ring (bicyclic) bond motifs is 1. The van der Waals surface area contributed by atoms with Crippen LogP contribution in [0.25, 0.3) is 5.65 Å². The van der Waals surface area contributed by atoms with Crippen LogP contribution in [0.15, 0.2) is 36.4 Å². The average molecular weight is 446 g/mol. The number of halogens is 3. The maximum atomic E-state index is 13.4. The molecule has 170 valence electrons. The van der Waals surface area contributed by atoms with Gasteiger partial charge in [0.25, 0.3) is 0 Å². The summed E-state index contributed by atoms with van der Waals surface area (Å²) in [6.45, 7) is 5.14. The molecule has 1 amide bonds. The van der Waals surface area contributed by atoms with E-state index in [0.717, 1.165) is 21.9 Å². The van der Waals surface area contributed by atoms with Crippen LogP contribution in [-0.2, 0) is 17.4 Å². The molecule has 0 aliphatic carbocycles. The molecule has 6 nitrogen and oxygen atoms in total. The van der Waals surface area contributed by atoms with E-state index in [1.54, 1.807) is 6.07 Å². The Morgan fingerprint density at radius 1 is 1.16 bits per heavy atom. The van der Waals surface area contributed by atoms with Crippen molar-refractivity contribution in [1.82, 2.24) is 19.5 Å². The number of alkyl halides is 3. The monoisotopic (exact) mass is 446 g/mol. The molecule has 4 rings (SSSR count). The fourth-order valence-electron chi connectivity index (χ4n) is 4.10. The molecule has 0 N–H and O–H groups in total. The van der Waals surface area contributed by atoms with E-state index in [4.69, 9.17) is 4.74 Å². The summed E-state index contributed by atoms with van der Waals surface area (Å²) < 4.78 is 46.5. The fraction of sp³-hybridized carbons (Fsp3) is 0.435. The number of ether oxygens (including phenoxy) is 1. The Kier molecular flexibility index (Phi) is 6.08. The highest BCUT2D eigenvalue weighted by atomic mass is 19.4. The van der Waals surface area contributed by atoms with Gasteiger partial charge in [0.05, 0.1) is 18.7 Å². The lowest BCUT2D eigenvalue weighted by molar-refractivity contribution is -0.142. The van der Waals surface area contributed by atoms with Gasteiger partial charge in [0.15, 0.2) is 5.65 Å². The molecule has 1 aliphatic heterocycles. The average Bonchev–Trinajstić information content (AvgIpc) is 3.18. The summed E-state index contributed by atoms with van der Waals surface area (Å²) in [7, 11) is 0. The predicted octanol–water partition coefficient (Wildman–Crippen LogP) is 4.40. The first kappa shape index (κ1) is 22.1. The highest BCUT2D eigenvalue weighted by Gasteiger charge is 2.35. The number of nitrogens with zero attached hydrogens (tertiary/aromatic N) is 4. The number of aromatic nitrogens is 3. The first-order valence-corrected chi connectivity index (χ1v) is 10.7. The van der Waals surface area contributed by atoms with Gasteiger partial charge in [0.1, 0.15) is 11.4 Å². The number of piperidine rings is 1. The maximum absolute atomic E-state index is 13.4. The molecule has 3 heterocycles. The van der Waals surface area contributed by atoms with Crippen molar-refractivity contribution in [2.24, 2.45) is 0 Å². The van der Waals surface area contributed by atoms with Crippen LogP contribution in [0.2, 0.25) is 0 Å². The summed E-state index contributed by atoms with van der Waals surface area (Å²) >= 11 is 0. The molecule has 1 saturated heterocycles. The van der Waals surface area contributed by atoms with Crippen molar-refractivity contribution in [3.8, 4) is 5.75 Å². The van der Waals surface area contributed by atoms with E-state index in [2.05, 4.69) is 10.1 Å². The first-order chi connectivity index (χ1) is 15.2. The quantitative estimate of drug-likeness (QED) is 0.583. The highest BCUT2D eigenvalue weighted by molar-refractivity contribution is 5.79. The number of benzene rings is 1. The second-order valence-corrected chi connectivity index (χ2v) is 8.03. The molecule has 1 fully saturated rings. The van der Waals surface area contributed by atoms with Crippen molar-refractivity contribution >= 4 is 11.6 Å². The molecule has 3 aromatic rings. The molecule has 0 spiro atoms. The first-order valence-electron chi connectivity index (χ1n) is 10.7.